The van der Waals surface area contributed by atoms with Gasteiger partial charge < -0.3 is 15.2 Å². The van der Waals surface area contributed by atoms with Gasteiger partial charge in [0.25, 0.3) is 5.56 Å². The van der Waals surface area contributed by atoms with Crippen LogP contribution in [-0.2, 0) is 9.84 Å². The summed E-state index contributed by atoms with van der Waals surface area (Å²) in [5, 5.41) is 11.5. The average molecular weight is 475 g/mol. The predicted molar refractivity (Wildman–Crippen MR) is 125 cm³/mol. The van der Waals surface area contributed by atoms with Gasteiger partial charge in [-0.1, -0.05) is 22.9 Å². The lowest BCUT2D eigenvalue weighted by Gasteiger charge is -2.29. The summed E-state index contributed by atoms with van der Waals surface area (Å²) >= 11 is 0. The fourth-order valence-electron chi connectivity index (χ4n) is 4.11. The van der Waals surface area contributed by atoms with Gasteiger partial charge in [-0.05, 0) is 43.7 Å². The number of piperazine rings is 1. The Kier molecular flexibility index (Phi) is 5.70. The lowest BCUT2D eigenvalue weighted by molar-refractivity contribution is 0.589. The van der Waals surface area contributed by atoms with Crippen LogP contribution in [0.1, 0.15) is 11.1 Å². The van der Waals surface area contributed by atoms with Gasteiger partial charge in [-0.2, -0.15) is 4.52 Å². The Morgan fingerprint density at radius 3 is 2.50 bits per heavy atom. The number of hydrogen-bond acceptors (Lipinski definition) is 7. The molecule has 168 valence electrons. The Labute approximate surface area is 190 Å². The maximum atomic E-state index is 13.3. The van der Waals surface area contributed by atoms with Crippen molar-refractivity contribution in [2.24, 2.45) is 0 Å². The minimum Gasteiger partial charge on any atom is -0.369 e. The molecule has 3 heterocycles. The van der Waals surface area contributed by atoms with E-state index in [1.54, 1.807) is 31.2 Å². The van der Waals surface area contributed by atoms with E-state index in [0.717, 1.165) is 37.4 Å². The standard InChI is InChI=1S/C21H22N6O3S.ClH/c1-13-3-6-18(14(2)11-13)31(29,30)21-19-23-20(28)16-5-4-15(26-9-7-22-8-10-26)12-17(16)27(19)25-24-21;/h3-6,11-12,22H,7-10H2,1-2H3,(H,23,28);1H. The Hall–Kier alpha value is -2.95. The summed E-state index contributed by atoms with van der Waals surface area (Å²) in [6, 6.07) is 10.6. The summed E-state index contributed by atoms with van der Waals surface area (Å²) in [4.78, 5) is 17.8. The number of sulfone groups is 1. The van der Waals surface area contributed by atoms with E-state index in [4.69, 9.17) is 0 Å². The summed E-state index contributed by atoms with van der Waals surface area (Å²) in [6.45, 7) is 7.10. The maximum Gasteiger partial charge on any atom is 0.259 e. The highest BCUT2D eigenvalue weighted by Gasteiger charge is 2.28. The van der Waals surface area contributed by atoms with Crippen molar-refractivity contribution in [1.29, 1.82) is 0 Å². The van der Waals surface area contributed by atoms with Crippen molar-refractivity contribution < 1.29 is 8.42 Å². The van der Waals surface area contributed by atoms with Crippen LogP contribution in [0.4, 0.5) is 5.69 Å². The van der Waals surface area contributed by atoms with Gasteiger partial charge >= 0.3 is 0 Å². The molecule has 2 N–H and O–H groups in total. The maximum absolute atomic E-state index is 13.3. The first-order chi connectivity index (χ1) is 14.9. The monoisotopic (exact) mass is 474 g/mol. The summed E-state index contributed by atoms with van der Waals surface area (Å²) in [5.41, 5.74) is 2.73. The summed E-state index contributed by atoms with van der Waals surface area (Å²) < 4.78 is 28.1. The molecule has 1 fully saturated rings. The number of H-pyrrole nitrogens is 1. The fraction of sp³-hybridized carbons (Fsp3) is 0.286. The summed E-state index contributed by atoms with van der Waals surface area (Å²) in [6.07, 6.45) is 0. The third-order valence-corrected chi connectivity index (χ3v) is 7.50. The molecule has 0 saturated carbocycles. The Bertz CT molecular complexity index is 1490. The number of aryl methyl sites for hydroxylation is 2. The number of aromatic nitrogens is 4. The van der Waals surface area contributed by atoms with E-state index in [1.165, 1.54) is 4.52 Å². The van der Waals surface area contributed by atoms with Gasteiger partial charge in [-0.15, -0.1) is 17.5 Å². The molecule has 2 aromatic heterocycles. The zero-order valence-electron chi connectivity index (χ0n) is 17.6. The molecule has 0 radical (unpaired) electrons. The third kappa shape index (κ3) is 3.54. The highest BCUT2D eigenvalue weighted by atomic mass is 35.5. The molecular formula is C21H23ClN6O3S. The average Bonchev–Trinajstić information content (AvgIpc) is 3.19. The van der Waals surface area contributed by atoms with Crippen molar-refractivity contribution in [2.45, 2.75) is 23.8 Å². The number of benzene rings is 2. The van der Waals surface area contributed by atoms with Gasteiger partial charge in [0.1, 0.15) is 0 Å². The fourth-order valence-corrected chi connectivity index (χ4v) is 5.59. The van der Waals surface area contributed by atoms with Crippen molar-refractivity contribution in [2.75, 3.05) is 31.1 Å². The van der Waals surface area contributed by atoms with Crippen molar-refractivity contribution in [3.8, 4) is 0 Å². The molecule has 5 rings (SSSR count). The molecular weight excluding hydrogens is 452 g/mol. The second-order valence-corrected chi connectivity index (χ2v) is 9.65. The number of anilines is 1. The van der Waals surface area contributed by atoms with Gasteiger partial charge in [-0.25, -0.2) is 8.42 Å². The van der Waals surface area contributed by atoms with Crippen LogP contribution in [0.5, 0.6) is 0 Å². The minimum atomic E-state index is -3.97. The topological polar surface area (TPSA) is 112 Å². The highest BCUT2D eigenvalue weighted by Crippen LogP contribution is 2.27. The van der Waals surface area contributed by atoms with Crippen LogP contribution in [0, 0.1) is 13.8 Å². The predicted octanol–water partition coefficient (Wildman–Crippen LogP) is 1.85. The van der Waals surface area contributed by atoms with E-state index >= 15 is 0 Å². The normalized spacial score (nSPS) is 14.6. The second-order valence-electron chi connectivity index (χ2n) is 7.82. The smallest absolute Gasteiger partial charge is 0.259 e. The third-order valence-electron chi connectivity index (χ3n) is 5.68. The van der Waals surface area contributed by atoms with E-state index in [2.05, 4.69) is 25.5 Å². The SMILES string of the molecule is Cc1ccc(S(=O)(=O)c2nnn3c2[nH]c(=O)c2ccc(N4CCNCC4)cc23)c(C)c1.Cl. The van der Waals surface area contributed by atoms with Crippen LogP contribution in [0.2, 0.25) is 0 Å². The molecule has 1 aliphatic rings. The number of halogens is 1. The first kappa shape index (κ1) is 22.3. The molecule has 0 amide bonds. The lowest BCUT2D eigenvalue weighted by atomic mass is 10.2. The molecule has 0 spiro atoms. The molecule has 1 saturated heterocycles. The van der Waals surface area contributed by atoms with Crippen LogP contribution in [0.15, 0.2) is 51.1 Å². The molecule has 0 aliphatic carbocycles. The van der Waals surface area contributed by atoms with E-state index in [1.807, 2.05) is 19.1 Å². The van der Waals surface area contributed by atoms with Gasteiger partial charge in [0.15, 0.2) is 5.65 Å². The quantitative estimate of drug-likeness (QED) is 0.466. The Morgan fingerprint density at radius 1 is 1.03 bits per heavy atom. The molecule has 2 aromatic carbocycles. The van der Waals surface area contributed by atoms with E-state index in [0.29, 0.717) is 16.5 Å². The number of rotatable bonds is 3. The van der Waals surface area contributed by atoms with E-state index < -0.39 is 9.84 Å². The number of hydrogen-bond donors (Lipinski definition) is 2. The van der Waals surface area contributed by atoms with Gasteiger partial charge in [0.2, 0.25) is 14.9 Å². The summed E-state index contributed by atoms with van der Waals surface area (Å²) in [5.74, 6) is 0. The molecule has 0 bridgehead atoms. The first-order valence-electron chi connectivity index (χ1n) is 10.1. The first-order valence-corrected chi connectivity index (χ1v) is 11.5. The number of nitrogens with zero attached hydrogens (tertiary/aromatic N) is 4. The summed E-state index contributed by atoms with van der Waals surface area (Å²) in [7, 11) is -3.97. The lowest BCUT2D eigenvalue weighted by Crippen LogP contribution is -2.43. The molecule has 4 aromatic rings. The van der Waals surface area contributed by atoms with Crippen molar-refractivity contribution in [3.05, 3.63) is 57.9 Å². The van der Waals surface area contributed by atoms with Crippen LogP contribution in [0.25, 0.3) is 16.6 Å². The van der Waals surface area contributed by atoms with Crippen LogP contribution < -0.4 is 15.8 Å². The van der Waals surface area contributed by atoms with Crippen LogP contribution in [-0.4, -0.2) is 54.4 Å². The molecule has 0 unspecified atom stereocenters. The minimum absolute atomic E-state index is 0. The van der Waals surface area contributed by atoms with Crippen molar-refractivity contribution in [1.82, 2.24) is 25.1 Å². The van der Waals surface area contributed by atoms with Gasteiger partial charge in [0, 0.05) is 31.9 Å². The molecule has 1 aliphatic heterocycles. The number of nitrogens with one attached hydrogen (secondary N) is 2. The van der Waals surface area contributed by atoms with E-state index in [-0.39, 0.29) is 33.5 Å². The zero-order valence-corrected chi connectivity index (χ0v) is 19.3. The van der Waals surface area contributed by atoms with Crippen LogP contribution in [0.3, 0.4) is 0 Å². The molecule has 11 heteroatoms. The second kappa shape index (κ2) is 8.19. The molecule has 32 heavy (non-hydrogen) atoms. The number of fused-ring (bicyclic) bond motifs is 3. The largest absolute Gasteiger partial charge is 0.369 e. The van der Waals surface area contributed by atoms with Gasteiger partial charge in [0.05, 0.1) is 15.8 Å². The Morgan fingerprint density at radius 2 is 1.78 bits per heavy atom. The van der Waals surface area contributed by atoms with Gasteiger partial charge in [-0.3, -0.25) is 4.79 Å². The molecule has 9 nitrogen and oxygen atoms in total. The van der Waals surface area contributed by atoms with E-state index in [9.17, 15) is 13.2 Å². The molecule has 0 atom stereocenters. The highest BCUT2D eigenvalue weighted by molar-refractivity contribution is 7.91. The Balaban J connectivity index is 0.00000245. The van der Waals surface area contributed by atoms with Crippen molar-refractivity contribution in [3.63, 3.8) is 0 Å². The zero-order chi connectivity index (χ0) is 21.8. The van der Waals surface area contributed by atoms with Crippen molar-refractivity contribution >= 4 is 44.5 Å². The number of aromatic amines is 1. The van der Waals surface area contributed by atoms with Crippen LogP contribution >= 0.6 is 12.4 Å².